The monoisotopic (exact) mass is 430 g/mol. The van der Waals surface area contributed by atoms with Crippen molar-refractivity contribution in [3.63, 3.8) is 0 Å². The molecule has 30 heavy (non-hydrogen) atoms. The van der Waals surface area contributed by atoms with Gasteiger partial charge >= 0.3 is 13.3 Å². The van der Waals surface area contributed by atoms with Crippen LogP contribution in [0.4, 0.5) is 0 Å². The Kier molecular flexibility index (Phi) is 7.90. The van der Waals surface area contributed by atoms with Crippen molar-refractivity contribution >= 4 is 24.2 Å². The zero-order valence-corrected chi connectivity index (χ0v) is 18.6. The standard InChI is InChI=1S/C23H27O6P/c1-15(2)22(25)28-13-19(24)14-29-30(27,20-9-7-6-8-10-20)23(26)21-17(4)11-16(3)12-18(21)5/h6-12,19,24H,1,13-14H2,2-5H3. The van der Waals surface area contributed by atoms with E-state index in [1.54, 1.807) is 44.2 Å². The molecule has 0 heterocycles. The molecule has 0 saturated heterocycles. The minimum Gasteiger partial charge on any atom is -0.460 e. The molecular formula is C23H27O6P. The molecule has 2 atom stereocenters. The Morgan fingerprint density at radius 2 is 1.63 bits per heavy atom. The lowest BCUT2D eigenvalue weighted by atomic mass is 10.0. The van der Waals surface area contributed by atoms with Crippen molar-refractivity contribution in [2.24, 2.45) is 0 Å². The van der Waals surface area contributed by atoms with Gasteiger partial charge in [0.15, 0.2) is 0 Å². The van der Waals surface area contributed by atoms with Crippen molar-refractivity contribution in [1.29, 1.82) is 0 Å². The summed E-state index contributed by atoms with van der Waals surface area (Å²) in [4.78, 5) is 24.9. The van der Waals surface area contributed by atoms with Gasteiger partial charge in [0, 0.05) is 16.4 Å². The van der Waals surface area contributed by atoms with Crippen molar-refractivity contribution in [3.05, 3.63) is 76.9 Å². The summed E-state index contributed by atoms with van der Waals surface area (Å²) in [6.45, 7) is 9.64. The molecule has 0 aliphatic carbocycles. The van der Waals surface area contributed by atoms with E-state index < -0.39 is 31.6 Å². The molecule has 0 aliphatic heterocycles. The molecule has 2 aromatic carbocycles. The summed E-state index contributed by atoms with van der Waals surface area (Å²) < 4.78 is 24.3. The molecule has 2 rings (SSSR count). The number of benzene rings is 2. The summed E-state index contributed by atoms with van der Waals surface area (Å²) in [5.41, 5.74) is 2.30. The van der Waals surface area contributed by atoms with Crippen LogP contribution >= 0.6 is 7.37 Å². The molecule has 2 unspecified atom stereocenters. The normalized spacial score (nSPS) is 13.9. The average Bonchev–Trinajstić information content (AvgIpc) is 2.69. The minimum atomic E-state index is -4.03. The first kappa shape index (κ1) is 23.7. The number of hydrogen-bond donors (Lipinski definition) is 1. The third kappa shape index (κ3) is 5.54. The van der Waals surface area contributed by atoms with E-state index in [9.17, 15) is 19.3 Å². The van der Waals surface area contributed by atoms with Crippen LogP contribution in [0.25, 0.3) is 0 Å². The largest absolute Gasteiger partial charge is 0.460 e. The third-order valence-electron chi connectivity index (χ3n) is 4.46. The fraction of sp³-hybridized carbons (Fsp3) is 0.304. The number of carbonyl (C=O) groups excluding carboxylic acids is 2. The van der Waals surface area contributed by atoms with Gasteiger partial charge in [-0.1, -0.05) is 42.5 Å². The van der Waals surface area contributed by atoms with Crippen molar-refractivity contribution < 1.29 is 28.5 Å². The van der Waals surface area contributed by atoms with Crippen LogP contribution in [0, 0.1) is 20.8 Å². The molecule has 6 nitrogen and oxygen atoms in total. The zero-order valence-electron chi connectivity index (χ0n) is 17.7. The molecule has 1 N–H and O–H groups in total. The van der Waals surface area contributed by atoms with Crippen molar-refractivity contribution in [1.82, 2.24) is 0 Å². The van der Waals surface area contributed by atoms with Gasteiger partial charge in [-0.3, -0.25) is 9.36 Å². The molecule has 0 aromatic heterocycles. The van der Waals surface area contributed by atoms with Crippen LogP contribution in [0.1, 0.15) is 34.0 Å². The Labute approximate surface area is 177 Å². The van der Waals surface area contributed by atoms with Gasteiger partial charge in [0.2, 0.25) is 0 Å². The van der Waals surface area contributed by atoms with E-state index in [0.29, 0.717) is 16.7 Å². The van der Waals surface area contributed by atoms with E-state index in [4.69, 9.17) is 9.26 Å². The highest BCUT2D eigenvalue weighted by Gasteiger charge is 2.38. The first-order valence-corrected chi connectivity index (χ1v) is 11.1. The van der Waals surface area contributed by atoms with Crippen LogP contribution in [-0.2, 0) is 18.6 Å². The Morgan fingerprint density at radius 3 is 2.17 bits per heavy atom. The maximum Gasteiger partial charge on any atom is 0.333 e. The number of aliphatic hydroxyl groups is 1. The Morgan fingerprint density at radius 1 is 1.07 bits per heavy atom. The summed E-state index contributed by atoms with van der Waals surface area (Å²) in [5, 5.41) is 10.4. The number of hydrogen-bond acceptors (Lipinski definition) is 6. The highest BCUT2D eigenvalue weighted by atomic mass is 31.2. The molecule has 7 heteroatoms. The van der Waals surface area contributed by atoms with Crippen LogP contribution in [-0.4, -0.2) is 35.9 Å². The Bertz CT molecular complexity index is 973. The van der Waals surface area contributed by atoms with Crippen LogP contribution in [0.2, 0.25) is 0 Å². The van der Waals surface area contributed by atoms with Crippen LogP contribution in [0.5, 0.6) is 0 Å². The highest BCUT2D eigenvalue weighted by Crippen LogP contribution is 2.50. The molecule has 0 radical (unpaired) electrons. The SMILES string of the molecule is C=C(C)C(=O)OCC(O)COP(=O)(C(=O)c1c(C)cc(C)cc1C)c1ccccc1. The van der Waals surface area contributed by atoms with Gasteiger partial charge in [-0.25, -0.2) is 4.79 Å². The van der Waals surface area contributed by atoms with E-state index in [-0.39, 0.29) is 17.5 Å². The third-order valence-corrected chi connectivity index (χ3v) is 6.71. The number of rotatable bonds is 9. The molecule has 0 saturated carbocycles. The molecule has 0 spiro atoms. The van der Waals surface area contributed by atoms with Gasteiger partial charge in [-0.2, -0.15) is 0 Å². The molecule has 0 aliphatic rings. The number of carbonyl (C=O) groups is 2. The van der Waals surface area contributed by atoms with Gasteiger partial charge in [-0.15, -0.1) is 0 Å². The molecule has 0 bridgehead atoms. The first-order valence-electron chi connectivity index (χ1n) is 9.50. The second-order valence-corrected chi connectivity index (χ2v) is 9.58. The first-order chi connectivity index (χ1) is 14.1. The molecule has 160 valence electrons. The molecule has 0 fully saturated rings. The molecular weight excluding hydrogens is 403 g/mol. The second kappa shape index (κ2) is 9.98. The quantitative estimate of drug-likeness (QED) is 0.369. The van der Waals surface area contributed by atoms with Gasteiger partial charge < -0.3 is 14.4 Å². The summed E-state index contributed by atoms with van der Waals surface area (Å²) in [6, 6.07) is 11.9. The second-order valence-electron chi connectivity index (χ2n) is 7.29. The summed E-state index contributed by atoms with van der Waals surface area (Å²) >= 11 is 0. The van der Waals surface area contributed by atoms with Gasteiger partial charge in [-0.05, 0) is 51.0 Å². The van der Waals surface area contributed by atoms with Crippen molar-refractivity contribution in [2.45, 2.75) is 33.8 Å². The number of ether oxygens (including phenoxy) is 1. The van der Waals surface area contributed by atoms with E-state index >= 15 is 0 Å². The Balaban J connectivity index is 2.32. The van der Waals surface area contributed by atoms with Crippen LogP contribution in [0.15, 0.2) is 54.6 Å². The number of esters is 1. The number of aliphatic hydroxyl groups excluding tert-OH is 1. The lowest BCUT2D eigenvalue weighted by Crippen LogP contribution is -2.26. The van der Waals surface area contributed by atoms with Gasteiger partial charge in [0.1, 0.15) is 12.7 Å². The summed E-state index contributed by atoms with van der Waals surface area (Å²) in [6.07, 6.45) is -1.25. The van der Waals surface area contributed by atoms with E-state index in [1.807, 2.05) is 19.1 Å². The van der Waals surface area contributed by atoms with Crippen molar-refractivity contribution in [2.75, 3.05) is 13.2 Å². The van der Waals surface area contributed by atoms with Crippen LogP contribution in [0.3, 0.4) is 0 Å². The van der Waals surface area contributed by atoms with E-state index in [2.05, 4.69) is 6.58 Å². The fourth-order valence-corrected chi connectivity index (χ4v) is 5.17. The maximum absolute atomic E-state index is 13.9. The molecule has 0 amide bonds. The van der Waals surface area contributed by atoms with E-state index in [1.165, 1.54) is 6.92 Å². The smallest absolute Gasteiger partial charge is 0.333 e. The summed E-state index contributed by atoms with van der Waals surface area (Å²) in [7, 11) is -4.03. The van der Waals surface area contributed by atoms with Gasteiger partial charge in [0.05, 0.1) is 6.61 Å². The Hall–Kier alpha value is -2.53. The minimum absolute atomic E-state index is 0.193. The number of aryl methyl sites for hydroxylation is 3. The predicted octanol–water partition coefficient (Wildman–Crippen LogP) is 3.85. The van der Waals surface area contributed by atoms with Crippen LogP contribution < -0.4 is 5.30 Å². The van der Waals surface area contributed by atoms with Crippen molar-refractivity contribution in [3.8, 4) is 0 Å². The van der Waals surface area contributed by atoms with Gasteiger partial charge in [0.25, 0.3) is 5.52 Å². The predicted molar refractivity (Wildman–Crippen MR) is 116 cm³/mol. The topological polar surface area (TPSA) is 89.9 Å². The lowest BCUT2D eigenvalue weighted by Gasteiger charge is -2.21. The fourth-order valence-electron chi connectivity index (χ4n) is 3.07. The maximum atomic E-state index is 13.9. The zero-order chi connectivity index (χ0) is 22.5. The summed E-state index contributed by atoms with van der Waals surface area (Å²) in [5.74, 6) is -0.651. The highest BCUT2D eigenvalue weighted by molar-refractivity contribution is 7.83. The average molecular weight is 430 g/mol. The molecule has 2 aromatic rings. The lowest BCUT2D eigenvalue weighted by molar-refractivity contribution is -0.142. The van der Waals surface area contributed by atoms with E-state index in [0.717, 1.165) is 5.56 Å².